The molecule has 4 nitrogen and oxygen atoms in total. The lowest BCUT2D eigenvalue weighted by Gasteiger charge is -2.08. The molecule has 19 heavy (non-hydrogen) atoms. The van der Waals surface area contributed by atoms with Gasteiger partial charge in [-0.15, -0.1) is 0 Å². The number of nitrogens with one attached hydrogen (secondary N) is 1. The third-order valence-electron chi connectivity index (χ3n) is 2.53. The Morgan fingerprint density at radius 1 is 1.11 bits per heavy atom. The molecule has 0 saturated heterocycles. The fraction of sp³-hybridized carbons (Fsp3) is 0.0769. The van der Waals surface area contributed by atoms with Crippen molar-refractivity contribution in [1.82, 2.24) is 0 Å². The predicted molar refractivity (Wildman–Crippen MR) is 76.9 cm³/mol. The maximum absolute atomic E-state index is 10.9. The fourth-order valence-corrected chi connectivity index (χ4v) is 2.22. The zero-order valence-corrected chi connectivity index (χ0v) is 11.3. The summed E-state index contributed by atoms with van der Waals surface area (Å²) >= 11 is 11.8. The quantitative estimate of drug-likeness (QED) is 0.667. The third kappa shape index (κ3) is 3.59. The molecule has 0 fully saturated rings. The lowest BCUT2D eigenvalue weighted by molar-refractivity contribution is -0.385. The first-order chi connectivity index (χ1) is 9.06. The molecular weight excluding hydrogens is 287 g/mol. The summed E-state index contributed by atoms with van der Waals surface area (Å²) in [7, 11) is 0. The number of nitro benzene ring substituents is 1. The number of hydrogen-bond acceptors (Lipinski definition) is 3. The molecule has 98 valence electrons. The molecule has 0 aromatic heterocycles. The van der Waals surface area contributed by atoms with Crippen molar-refractivity contribution in [2.45, 2.75) is 6.54 Å². The second-order valence-corrected chi connectivity index (χ2v) is 4.77. The summed E-state index contributed by atoms with van der Waals surface area (Å²) < 4.78 is 0. The Balaban J connectivity index is 2.16. The van der Waals surface area contributed by atoms with Crippen molar-refractivity contribution in [1.29, 1.82) is 0 Å². The summed E-state index contributed by atoms with van der Waals surface area (Å²) in [6.45, 7) is 0.327. The maximum atomic E-state index is 10.9. The number of nitrogens with zero attached hydrogens (tertiary/aromatic N) is 1. The van der Waals surface area contributed by atoms with Gasteiger partial charge in [0.25, 0.3) is 5.69 Å². The molecule has 0 amide bonds. The van der Waals surface area contributed by atoms with E-state index in [1.807, 2.05) is 0 Å². The Labute approximate surface area is 120 Å². The highest BCUT2D eigenvalue weighted by molar-refractivity contribution is 6.35. The Kier molecular flexibility index (Phi) is 4.24. The zero-order chi connectivity index (χ0) is 13.8. The number of nitro groups is 1. The molecule has 1 N–H and O–H groups in total. The number of halogens is 2. The van der Waals surface area contributed by atoms with Crippen LogP contribution >= 0.6 is 23.2 Å². The second kappa shape index (κ2) is 5.91. The van der Waals surface area contributed by atoms with Crippen LogP contribution in [0.15, 0.2) is 42.5 Å². The Bertz CT molecular complexity index is 597. The number of anilines is 1. The van der Waals surface area contributed by atoms with Crippen molar-refractivity contribution >= 4 is 34.6 Å². The van der Waals surface area contributed by atoms with Gasteiger partial charge >= 0.3 is 0 Å². The van der Waals surface area contributed by atoms with E-state index in [0.29, 0.717) is 22.2 Å². The van der Waals surface area contributed by atoms with Gasteiger partial charge < -0.3 is 5.32 Å². The van der Waals surface area contributed by atoms with Gasteiger partial charge in [-0.3, -0.25) is 10.1 Å². The van der Waals surface area contributed by atoms with E-state index in [9.17, 15) is 10.1 Å². The van der Waals surface area contributed by atoms with Crippen molar-refractivity contribution in [3.05, 3.63) is 68.2 Å². The summed E-state index contributed by atoms with van der Waals surface area (Å²) in [6, 6.07) is 11.6. The molecule has 0 spiro atoms. The summed E-state index contributed by atoms with van der Waals surface area (Å²) in [5.74, 6) is 0. The van der Waals surface area contributed by atoms with Gasteiger partial charge in [-0.2, -0.15) is 0 Å². The molecule has 0 heterocycles. The van der Waals surface area contributed by atoms with Crippen LogP contribution in [0.25, 0.3) is 0 Å². The van der Waals surface area contributed by atoms with Crippen LogP contribution < -0.4 is 5.32 Å². The second-order valence-electron chi connectivity index (χ2n) is 3.90. The number of benzene rings is 2. The monoisotopic (exact) mass is 296 g/mol. The Morgan fingerprint density at radius 2 is 1.74 bits per heavy atom. The van der Waals surface area contributed by atoms with Gasteiger partial charge in [0, 0.05) is 33.9 Å². The van der Waals surface area contributed by atoms with Gasteiger partial charge in [0.05, 0.1) is 4.92 Å². The molecule has 0 aliphatic heterocycles. The minimum atomic E-state index is -0.401. The van der Waals surface area contributed by atoms with Gasteiger partial charge in [-0.1, -0.05) is 41.4 Å². The van der Waals surface area contributed by atoms with Crippen LogP contribution in [0, 0.1) is 10.1 Å². The molecule has 0 bridgehead atoms. The average molecular weight is 297 g/mol. The molecule has 0 aliphatic carbocycles. The van der Waals surface area contributed by atoms with Crippen molar-refractivity contribution in [3.8, 4) is 0 Å². The largest absolute Gasteiger partial charge is 0.381 e. The predicted octanol–water partition coefficient (Wildman–Crippen LogP) is 4.51. The van der Waals surface area contributed by atoms with E-state index < -0.39 is 4.92 Å². The number of rotatable bonds is 4. The van der Waals surface area contributed by atoms with Gasteiger partial charge in [0.1, 0.15) is 0 Å². The van der Waals surface area contributed by atoms with Gasteiger partial charge in [-0.25, -0.2) is 0 Å². The molecule has 2 aromatic rings. The van der Waals surface area contributed by atoms with Crippen molar-refractivity contribution in [2.24, 2.45) is 0 Å². The van der Waals surface area contributed by atoms with Crippen LogP contribution in [0.5, 0.6) is 0 Å². The van der Waals surface area contributed by atoms with Gasteiger partial charge in [-0.05, 0) is 18.2 Å². The zero-order valence-electron chi connectivity index (χ0n) is 9.77. The molecule has 0 unspecified atom stereocenters. The summed E-state index contributed by atoms with van der Waals surface area (Å²) in [5.41, 5.74) is 1.40. The van der Waals surface area contributed by atoms with E-state index in [1.54, 1.807) is 36.4 Å². The Morgan fingerprint density at radius 3 is 2.37 bits per heavy atom. The number of hydrogen-bond donors (Lipinski definition) is 1. The third-order valence-corrected chi connectivity index (χ3v) is 2.97. The first kappa shape index (κ1) is 13.6. The standard InChI is InChI=1S/C13H10Cl2N2O2/c14-10-5-11(15)7-12(6-10)16-8-9-3-1-2-4-13(9)17(18)19/h1-7,16H,8H2. The number of para-hydroxylation sites is 1. The van der Waals surface area contributed by atoms with Crippen LogP contribution in [0.4, 0.5) is 11.4 Å². The van der Waals surface area contributed by atoms with E-state index in [4.69, 9.17) is 23.2 Å². The van der Waals surface area contributed by atoms with E-state index in [2.05, 4.69) is 5.32 Å². The normalized spacial score (nSPS) is 10.2. The van der Waals surface area contributed by atoms with Crippen LogP contribution in [0.3, 0.4) is 0 Å². The van der Waals surface area contributed by atoms with Crippen molar-refractivity contribution < 1.29 is 4.92 Å². The lowest BCUT2D eigenvalue weighted by Crippen LogP contribution is -2.02. The van der Waals surface area contributed by atoms with Crippen LogP contribution in [0.1, 0.15) is 5.56 Å². The molecule has 0 aliphatic rings. The fourth-order valence-electron chi connectivity index (χ4n) is 1.69. The summed E-state index contributed by atoms with van der Waals surface area (Å²) in [5, 5.41) is 15.0. The minimum absolute atomic E-state index is 0.0862. The molecule has 0 saturated carbocycles. The first-order valence-corrected chi connectivity index (χ1v) is 6.24. The summed E-state index contributed by atoms with van der Waals surface area (Å²) in [4.78, 5) is 10.5. The van der Waals surface area contributed by atoms with E-state index in [-0.39, 0.29) is 5.69 Å². The van der Waals surface area contributed by atoms with Crippen molar-refractivity contribution in [2.75, 3.05) is 5.32 Å². The van der Waals surface area contributed by atoms with Crippen LogP contribution in [0.2, 0.25) is 10.0 Å². The minimum Gasteiger partial charge on any atom is -0.381 e. The average Bonchev–Trinajstić information content (AvgIpc) is 2.35. The highest BCUT2D eigenvalue weighted by Crippen LogP contribution is 2.24. The topological polar surface area (TPSA) is 55.2 Å². The van der Waals surface area contributed by atoms with Crippen LogP contribution in [-0.4, -0.2) is 4.92 Å². The van der Waals surface area contributed by atoms with E-state index in [1.165, 1.54) is 6.07 Å². The van der Waals surface area contributed by atoms with Crippen LogP contribution in [-0.2, 0) is 6.54 Å². The van der Waals surface area contributed by atoms with Gasteiger partial charge in [0.2, 0.25) is 0 Å². The maximum Gasteiger partial charge on any atom is 0.274 e. The Hall–Kier alpha value is -1.78. The molecule has 2 rings (SSSR count). The molecule has 0 atom stereocenters. The molecular formula is C13H10Cl2N2O2. The molecule has 0 radical (unpaired) electrons. The van der Waals surface area contributed by atoms with E-state index >= 15 is 0 Å². The van der Waals surface area contributed by atoms with Gasteiger partial charge in [0.15, 0.2) is 0 Å². The van der Waals surface area contributed by atoms with E-state index in [0.717, 1.165) is 5.69 Å². The molecule has 6 heteroatoms. The SMILES string of the molecule is O=[N+]([O-])c1ccccc1CNc1cc(Cl)cc(Cl)c1. The first-order valence-electron chi connectivity index (χ1n) is 5.48. The smallest absolute Gasteiger partial charge is 0.274 e. The lowest BCUT2D eigenvalue weighted by atomic mass is 10.2. The van der Waals surface area contributed by atoms with Crippen molar-refractivity contribution in [3.63, 3.8) is 0 Å². The molecule has 2 aromatic carbocycles. The summed E-state index contributed by atoms with van der Waals surface area (Å²) in [6.07, 6.45) is 0. The highest BCUT2D eigenvalue weighted by Gasteiger charge is 2.11. The highest BCUT2D eigenvalue weighted by atomic mass is 35.5.